The number of aromatic nitrogens is 2. The molecule has 1 unspecified atom stereocenters. The third kappa shape index (κ3) is 5.26. The van der Waals surface area contributed by atoms with E-state index in [9.17, 15) is 4.79 Å². The number of H-pyrrole nitrogens is 1. The van der Waals surface area contributed by atoms with E-state index in [1.807, 2.05) is 12.1 Å². The van der Waals surface area contributed by atoms with Crippen LogP contribution in [0.2, 0.25) is 0 Å². The first-order chi connectivity index (χ1) is 10.7. The smallest absolute Gasteiger partial charge is 0.434 e. The summed E-state index contributed by atoms with van der Waals surface area (Å²) >= 11 is 1.68. The predicted molar refractivity (Wildman–Crippen MR) is 88.4 cm³/mol. The average Bonchev–Trinajstić information content (AvgIpc) is 2.96. The van der Waals surface area contributed by atoms with Crippen LogP contribution in [0.3, 0.4) is 0 Å². The predicted octanol–water partition coefficient (Wildman–Crippen LogP) is 3.41. The van der Waals surface area contributed by atoms with Crippen molar-refractivity contribution in [2.45, 2.75) is 45.0 Å². The minimum Gasteiger partial charge on any atom is -0.490 e. The maximum absolute atomic E-state index is 10.8. The number of aromatic amines is 1. The number of ether oxygens (including phenoxy) is 1. The number of rotatable bonds is 9. The van der Waals surface area contributed by atoms with Crippen LogP contribution in [-0.4, -0.2) is 22.1 Å². The molecule has 0 fully saturated rings. The van der Waals surface area contributed by atoms with Gasteiger partial charge in [0.25, 0.3) is 0 Å². The molecule has 5 nitrogen and oxygen atoms in total. The molecule has 0 aliphatic carbocycles. The number of nitrogens with zero attached hydrogens (tertiary/aromatic N) is 1. The molecule has 2 aromatic rings. The first-order valence-corrected chi connectivity index (χ1v) is 8.74. The standard InChI is InChI=1S/C16H22N2O3S/c1-3-12-5-7-14(8-6-12)20-13(4-2)9-10-22-11-15-17-18-16(19)21-15/h5-8,13H,3-4,9-11H2,1-2H3,(H,18,19). The molecule has 1 N–H and O–H groups in total. The van der Waals surface area contributed by atoms with Crippen molar-refractivity contribution in [3.63, 3.8) is 0 Å². The SMILES string of the molecule is CCc1ccc(OC(CC)CCSCc2n[nH]c(=O)o2)cc1. The Bertz CT molecular complexity index is 606. The summed E-state index contributed by atoms with van der Waals surface area (Å²) in [7, 11) is 0. The summed E-state index contributed by atoms with van der Waals surface area (Å²) in [4.78, 5) is 10.8. The largest absolute Gasteiger partial charge is 0.490 e. The zero-order valence-electron chi connectivity index (χ0n) is 13.0. The van der Waals surface area contributed by atoms with E-state index < -0.39 is 5.76 Å². The molecule has 22 heavy (non-hydrogen) atoms. The van der Waals surface area contributed by atoms with Crippen LogP contribution in [0.25, 0.3) is 0 Å². The topological polar surface area (TPSA) is 68.1 Å². The Kier molecular flexibility index (Phi) is 6.58. The first-order valence-electron chi connectivity index (χ1n) is 7.59. The summed E-state index contributed by atoms with van der Waals surface area (Å²) in [6, 6.07) is 8.28. The number of hydrogen-bond acceptors (Lipinski definition) is 5. The fraction of sp³-hybridized carbons (Fsp3) is 0.500. The molecule has 0 spiro atoms. The quantitative estimate of drug-likeness (QED) is 0.717. The molecule has 0 saturated heterocycles. The van der Waals surface area contributed by atoms with Crippen molar-refractivity contribution in [1.82, 2.24) is 10.2 Å². The minimum absolute atomic E-state index is 0.200. The summed E-state index contributed by atoms with van der Waals surface area (Å²) in [5.74, 6) is 2.40. The summed E-state index contributed by atoms with van der Waals surface area (Å²) in [5.41, 5.74) is 1.32. The first kappa shape index (κ1) is 16.7. The maximum atomic E-state index is 10.8. The van der Waals surface area contributed by atoms with Crippen LogP contribution in [0.4, 0.5) is 0 Å². The number of hydrogen-bond donors (Lipinski definition) is 1. The fourth-order valence-corrected chi connectivity index (χ4v) is 2.91. The molecule has 0 saturated carbocycles. The minimum atomic E-state index is -0.499. The molecule has 0 aliphatic heterocycles. The van der Waals surface area contributed by atoms with Gasteiger partial charge in [-0.15, -0.1) is 5.10 Å². The molecule has 6 heteroatoms. The van der Waals surface area contributed by atoms with Crippen molar-refractivity contribution in [2.24, 2.45) is 0 Å². The van der Waals surface area contributed by atoms with E-state index in [4.69, 9.17) is 9.15 Å². The Morgan fingerprint density at radius 1 is 1.32 bits per heavy atom. The van der Waals surface area contributed by atoms with Crippen LogP contribution in [0.1, 0.15) is 38.1 Å². The summed E-state index contributed by atoms with van der Waals surface area (Å²) in [6.45, 7) is 4.27. The van der Waals surface area contributed by atoms with E-state index in [1.165, 1.54) is 5.56 Å². The monoisotopic (exact) mass is 322 g/mol. The number of aryl methyl sites for hydroxylation is 1. The maximum Gasteiger partial charge on any atom is 0.434 e. The van der Waals surface area contributed by atoms with Gasteiger partial charge in [-0.3, -0.25) is 0 Å². The fourth-order valence-electron chi connectivity index (χ4n) is 2.04. The summed E-state index contributed by atoms with van der Waals surface area (Å²) < 4.78 is 10.9. The van der Waals surface area contributed by atoms with Crippen molar-refractivity contribution in [1.29, 1.82) is 0 Å². The second-order valence-corrected chi connectivity index (χ2v) is 6.10. The Hall–Kier alpha value is -1.69. The normalized spacial score (nSPS) is 12.3. The van der Waals surface area contributed by atoms with Crippen LogP contribution in [0, 0.1) is 0 Å². The zero-order chi connectivity index (χ0) is 15.8. The van der Waals surface area contributed by atoms with E-state index in [-0.39, 0.29) is 6.10 Å². The molecule has 1 aromatic carbocycles. The molecule has 0 aliphatic rings. The molecular weight excluding hydrogens is 300 g/mol. The van der Waals surface area contributed by atoms with Crippen LogP contribution in [0.5, 0.6) is 5.75 Å². The van der Waals surface area contributed by atoms with Gasteiger partial charge in [-0.25, -0.2) is 9.89 Å². The molecule has 1 atom stereocenters. The third-order valence-corrected chi connectivity index (χ3v) is 4.36. The highest BCUT2D eigenvalue weighted by Gasteiger charge is 2.09. The van der Waals surface area contributed by atoms with Gasteiger partial charge in [-0.2, -0.15) is 11.8 Å². The van der Waals surface area contributed by atoms with Gasteiger partial charge in [0.1, 0.15) is 5.75 Å². The number of benzene rings is 1. The lowest BCUT2D eigenvalue weighted by Crippen LogP contribution is -2.16. The number of nitrogens with one attached hydrogen (secondary N) is 1. The zero-order valence-corrected chi connectivity index (χ0v) is 13.8. The van der Waals surface area contributed by atoms with Gasteiger partial charge in [0.05, 0.1) is 11.9 Å². The highest BCUT2D eigenvalue weighted by Crippen LogP contribution is 2.19. The molecule has 120 valence electrons. The molecule has 0 amide bonds. The molecule has 1 heterocycles. The molecule has 2 rings (SSSR count). The van der Waals surface area contributed by atoms with Gasteiger partial charge in [-0.1, -0.05) is 26.0 Å². The van der Waals surface area contributed by atoms with E-state index >= 15 is 0 Å². The molecular formula is C16H22N2O3S. The summed E-state index contributed by atoms with van der Waals surface area (Å²) in [6.07, 6.45) is 3.15. The van der Waals surface area contributed by atoms with Crippen LogP contribution < -0.4 is 10.5 Å². The Balaban J connectivity index is 1.73. The molecule has 0 bridgehead atoms. The molecule has 1 aromatic heterocycles. The average molecular weight is 322 g/mol. The van der Waals surface area contributed by atoms with Gasteiger partial charge in [-0.05, 0) is 42.7 Å². The van der Waals surface area contributed by atoms with Crippen molar-refractivity contribution >= 4 is 11.8 Å². The van der Waals surface area contributed by atoms with Crippen molar-refractivity contribution in [3.05, 3.63) is 46.3 Å². The third-order valence-electron chi connectivity index (χ3n) is 3.38. The summed E-state index contributed by atoms with van der Waals surface area (Å²) in [5, 5.41) is 6.04. The lowest BCUT2D eigenvalue weighted by atomic mass is 10.1. The Morgan fingerprint density at radius 3 is 2.68 bits per heavy atom. The van der Waals surface area contributed by atoms with Gasteiger partial charge >= 0.3 is 5.76 Å². The van der Waals surface area contributed by atoms with E-state index in [0.717, 1.165) is 30.8 Å². The van der Waals surface area contributed by atoms with Crippen LogP contribution in [-0.2, 0) is 12.2 Å². The lowest BCUT2D eigenvalue weighted by molar-refractivity contribution is 0.194. The van der Waals surface area contributed by atoms with Crippen LogP contribution >= 0.6 is 11.8 Å². The second kappa shape index (κ2) is 8.68. The Morgan fingerprint density at radius 2 is 2.09 bits per heavy atom. The van der Waals surface area contributed by atoms with Crippen molar-refractivity contribution in [2.75, 3.05) is 5.75 Å². The number of thioether (sulfide) groups is 1. The van der Waals surface area contributed by atoms with E-state index in [2.05, 4.69) is 36.2 Å². The van der Waals surface area contributed by atoms with Gasteiger partial charge in [0.15, 0.2) is 0 Å². The van der Waals surface area contributed by atoms with E-state index in [0.29, 0.717) is 11.6 Å². The van der Waals surface area contributed by atoms with Crippen molar-refractivity contribution < 1.29 is 9.15 Å². The highest BCUT2D eigenvalue weighted by atomic mass is 32.2. The highest BCUT2D eigenvalue weighted by molar-refractivity contribution is 7.98. The lowest BCUT2D eigenvalue weighted by Gasteiger charge is -2.17. The van der Waals surface area contributed by atoms with Gasteiger partial charge in [0.2, 0.25) is 5.89 Å². The van der Waals surface area contributed by atoms with Crippen LogP contribution in [0.15, 0.2) is 33.5 Å². The van der Waals surface area contributed by atoms with E-state index in [1.54, 1.807) is 11.8 Å². The van der Waals surface area contributed by atoms with Crippen molar-refractivity contribution in [3.8, 4) is 5.75 Å². The molecule has 0 radical (unpaired) electrons. The second-order valence-electron chi connectivity index (χ2n) is 4.99. The van der Waals surface area contributed by atoms with Gasteiger partial charge < -0.3 is 9.15 Å². The Labute approximate surface area is 134 Å². The van der Waals surface area contributed by atoms with Gasteiger partial charge in [0, 0.05) is 0 Å².